The summed E-state index contributed by atoms with van der Waals surface area (Å²) in [6.45, 7) is 0.268. The Morgan fingerprint density at radius 1 is 1.27 bits per heavy atom. The van der Waals surface area contributed by atoms with Crippen LogP contribution in [0.4, 0.5) is 0 Å². The maximum Gasteiger partial charge on any atom is 0.341 e. The zero-order valence-corrected chi connectivity index (χ0v) is 12.7. The van der Waals surface area contributed by atoms with Crippen molar-refractivity contribution in [3.63, 3.8) is 0 Å². The number of methoxy groups -OCH3 is 1. The summed E-state index contributed by atoms with van der Waals surface area (Å²) in [5.41, 5.74) is 0.302. The molecule has 0 fully saturated rings. The summed E-state index contributed by atoms with van der Waals surface area (Å²) in [5.74, 6) is -0.524. The standard InChI is InChI=1S/C15H15ClNO5/c1-20-15(19)12-7-11(10-21-14(18)8-16)22-13(12)9-17-5-3-2-4-6-17/h2-7H,8-10H2,1H3/q+1. The maximum atomic E-state index is 11.8. The Morgan fingerprint density at radius 3 is 2.64 bits per heavy atom. The maximum absolute atomic E-state index is 11.8. The Balaban J connectivity index is 2.20. The number of alkyl halides is 1. The third-order valence-electron chi connectivity index (χ3n) is 2.85. The highest BCUT2D eigenvalue weighted by Gasteiger charge is 2.22. The van der Waals surface area contributed by atoms with Gasteiger partial charge in [0.15, 0.2) is 18.2 Å². The number of nitrogens with zero attached hydrogens (tertiary/aromatic N) is 1. The molecule has 6 nitrogen and oxygen atoms in total. The van der Waals surface area contributed by atoms with E-state index >= 15 is 0 Å². The quantitative estimate of drug-likeness (QED) is 0.459. The molecule has 0 atom stereocenters. The zero-order valence-electron chi connectivity index (χ0n) is 12.0. The molecular weight excluding hydrogens is 310 g/mol. The SMILES string of the molecule is COC(=O)c1cc(COC(=O)CCl)oc1C[n+]1ccccc1. The molecule has 2 aromatic rings. The molecule has 0 aliphatic carbocycles. The van der Waals surface area contributed by atoms with Crippen LogP contribution in [0.2, 0.25) is 0 Å². The number of carbonyl (C=O) groups is 2. The lowest BCUT2D eigenvalue weighted by Crippen LogP contribution is -2.33. The van der Waals surface area contributed by atoms with Crippen LogP contribution in [0.15, 0.2) is 41.1 Å². The second kappa shape index (κ2) is 7.61. The minimum atomic E-state index is -0.559. The number of hydrogen-bond donors (Lipinski definition) is 0. The van der Waals surface area contributed by atoms with Crippen LogP contribution < -0.4 is 4.57 Å². The number of halogens is 1. The van der Waals surface area contributed by atoms with E-state index in [4.69, 9.17) is 25.5 Å². The Morgan fingerprint density at radius 2 is 2.00 bits per heavy atom. The molecule has 0 aliphatic rings. The van der Waals surface area contributed by atoms with Gasteiger partial charge in [-0.1, -0.05) is 6.07 Å². The molecule has 116 valence electrons. The van der Waals surface area contributed by atoms with E-state index in [1.807, 2.05) is 35.2 Å². The number of rotatable bonds is 6. The van der Waals surface area contributed by atoms with Crippen molar-refractivity contribution in [1.29, 1.82) is 0 Å². The van der Waals surface area contributed by atoms with Gasteiger partial charge in [-0.15, -0.1) is 11.6 Å². The van der Waals surface area contributed by atoms with E-state index in [0.717, 1.165) is 0 Å². The molecule has 7 heteroatoms. The summed E-state index contributed by atoms with van der Waals surface area (Å²) < 4.78 is 17.1. The van der Waals surface area contributed by atoms with Gasteiger partial charge in [-0.05, 0) is 6.07 Å². The lowest BCUT2D eigenvalue weighted by atomic mass is 10.2. The van der Waals surface area contributed by atoms with Gasteiger partial charge in [0.05, 0.1) is 7.11 Å². The number of aromatic nitrogens is 1. The van der Waals surface area contributed by atoms with Crippen molar-refractivity contribution in [2.24, 2.45) is 0 Å². The smallest absolute Gasteiger partial charge is 0.341 e. The first-order chi connectivity index (χ1) is 10.6. The normalized spacial score (nSPS) is 10.3. The predicted molar refractivity (Wildman–Crippen MR) is 76.3 cm³/mol. The fourth-order valence-electron chi connectivity index (χ4n) is 1.85. The predicted octanol–water partition coefficient (Wildman–Crippen LogP) is 1.68. The van der Waals surface area contributed by atoms with Crippen molar-refractivity contribution >= 4 is 23.5 Å². The first-order valence-electron chi connectivity index (χ1n) is 6.49. The summed E-state index contributed by atoms with van der Waals surface area (Å²) in [6, 6.07) is 7.12. The van der Waals surface area contributed by atoms with Crippen molar-refractivity contribution in [1.82, 2.24) is 0 Å². The number of hydrogen-bond acceptors (Lipinski definition) is 5. The van der Waals surface area contributed by atoms with Gasteiger partial charge in [0.2, 0.25) is 6.54 Å². The molecule has 0 aromatic carbocycles. The second-order valence-corrected chi connectivity index (χ2v) is 4.65. The van der Waals surface area contributed by atoms with Crippen molar-refractivity contribution < 1.29 is 28.0 Å². The third-order valence-corrected chi connectivity index (χ3v) is 3.07. The van der Waals surface area contributed by atoms with Gasteiger partial charge in [0.25, 0.3) is 0 Å². The van der Waals surface area contributed by atoms with E-state index in [-0.39, 0.29) is 12.5 Å². The van der Waals surface area contributed by atoms with Crippen molar-refractivity contribution in [2.45, 2.75) is 13.2 Å². The van der Waals surface area contributed by atoms with Gasteiger partial charge in [0.1, 0.15) is 23.8 Å². The largest absolute Gasteiger partial charge is 0.465 e. The van der Waals surface area contributed by atoms with Crippen molar-refractivity contribution in [3.05, 3.63) is 53.7 Å². The first-order valence-corrected chi connectivity index (χ1v) is 7.03. The Bertz CT molecular complexity index is 653. The van der Waals surface area contributed by atoms with Crippen LogP contribution in [0.5, 0.6) is 0 Å². The molecule has 2 aromatic heterocycles. The van der Waals surface area contributed by atoms with Gasteiger partial charge in [0, 0.05) is 12.1 Å². The molecule has 2 heterocycles. The lowest BCUT2D eigenvalue weighted by molar-refractivity contribution is -0.690. The first kappa shape index (κ1) is 16.0. The van der Waals surface area contributed by atoms with E-state index in [2.05, 4.69) is 0 Å². The summed E-state index contributed by atoms with van der Waals surface area (Å²) in [7, 11) is 1.29. The monoisotopic (exact) mass is 324 g/mol. The molecule has 2 rings (SSSR count). The van der Waals surface area contributed by atoms with Crippen molar-refractivity contribution in [2.75, 3.05) is 13.0 Å². The summed E-state index contributed by atoms with van der Waals surface area (Å²) >= 11 is 5.35. The molecule has 0 saturated heterocycles. The van der Waals surface area contributed by atoms with Gasteiger partial charge < -0.3 is 13.9 Å². The number of esters is 2. The topological polar surface area (TPSA) is 69.6 Å². The van der Waals surface area contributed by atoms with Crippen LogP contribution in [-0.4, -0.2) is 24.9 Å². The number of furan rings is 1. The van der Waals surface area contributed by atoms with Crippen LogP contribution in [0.3, 0.4) is 0 Å². The average molecular weight is 325 g/mol. The molecule has 22 heavy (non-hydrogen) atoms. The van der Waals surface area contributed by atoms with Crippen LogP contribution in [-0.2, 0) is 27.4 Å². The van der Waals surface area contributed by atoms with E-state index in [1.54, 1.807) is 0 Å². The fraction of sp³-hybridized carbons (Fsp3) is 0.267. The summed E-state index contributed by atoms with van der Waals surface area (Å²) in [5, 5.41) is 0. The van der Waals surface area contributed by atoms with Crippen molar-refractivity contribution in [3.8, 4) is 0 Å². The number of carbonyl (C=O) groups excluding carboxylic acids is 2. The van der Waals surface area contributed by atoms with Gasteiger partial charge in [-0.3, -0.25) is 4.79 Å². The van der Waals surface area contributed by atoms with E-state index in [0.29, 0.717) is 23.6 Å². The van der Waals surface area contributed by atoms with E-state index < -0.39 is 11.9 Å². The molecule has 0 saturated carbocycles. The molecule has 0 unspecified atom stereocenters. The third kappa shape index (κ3) is 4.08. The van der Waals surface area contributed by atoms with Gasteiger partial charge >= 0.3 is 11.9 Å². The van der Waals surface area contributed by atoms with Crippen LogP contribution >= 0.6 is 11.6 Å². The number of pyridine rings is 1. The van der Waals surface area contributed by atoms with E-state index in [1.165, 1.54) is 13.2 Å². The molecule has 0 bridgehead atoms. The highest BCUT2D eigenvalue weighted by atomic mass is 35.5. The molecule has 0 N–H and O–H groups in total. The van der Waals surface area contributed by atoms with E-state index in [9.17, 15) is 9.59 Å². The van der Waals surface area contributed by atoms with Gasteiger partial charge in [-0.25, -0.2) is 4.79 Å². The van der Waals surface area contributed by atoms with Crippen LogP contribution in [0.1, 0.15) is 21.9 Å². The molecular formula is C15H15ClNO5+. The summed E-state index contributed by atoms with van der Waals surface area (Å²) in [4.78, 5) is 22.9. The minimum Gasteiger partial charge on any atom is -0.465 e. The highest BCUT2D eigenvalue weighted by molar-refractivity contribution is 6.26. The lowest BCUT2D eigenvalue weighted by Gasteiger charge is -1.99. The molecule has 0 amide bonds. The Labute approximate surface area is 132 Å². The number of ether oxygens (including phenoxy) is 2. The summed E-state index contributed by atoms with van der Waals surface area (Å²) in [6.07, 6.45) is 3.69. The fourth-order valence-corrected chi connectivity index (χ4v) is 1.93. The minimum absolute atomic E-state index is 0.0883. The molecule has 0 spiro atoms. The molecule has 0 radical (unpaired) electrons. The zero-order chi connectivity index (χ0) is 15.9. The van der Waals surface area contributed by atoms with Crippen LogP contribution in [0, 0.1) is 0 Å². The Hall–Kier alpha value is -2.34. The highest BCUT2D eigenvalue weighted by Crippen LogP contribution is 2.17. The average Bonchev–Trinajstić information content (AvgIpc) is 2.95. The van der Waals surface area contributed by atoms with Crippen LogP contribution in [0.25, 0.3) is 0 Å². The molecule has 0 aliphatic heterocycles. The Kier molecular flexibility index (Phi) is 5.55. The second-order valence-electron chi connectivity index (χ2n) is 4.38. The van der Waals surface area contributed by atoms with Gasteiger partial charge in [-0.2, -0.15) is 4.57 Å².